The highest BCUT2D eigenvalue weighted by molar-refractivity contribution is 6.30. The van der Waals surface area contributed by atoms with Crippen LogP contribution >= 0.6 is 11.6 Å². The van der Waals surface area contributed by atoms with E-state index in [0.717, 1.165) is 36.9 Å². The van der Waals surface area contributed by atoms with E-state index in [9.17, 15) is 9.59 Å². The fourth-order valence-electron chi connectivity index (χ4n) is 3.30. The number of carbonyl (C=O) groups excluding carboxylic acids is 2. The van der Waals surface area contributed by atoms with Gasteiger partial charge in [0, 0.05) is 22.2 Å². The molecule has 0 aromatic heterocycles. The van der Waals surface area contributed by atoms with E-state index in [1.807, 2.05) is 31.2 Å². The normalized spacial score (nSPS) is 15.1. The summed E-state index contributed by atoms with van der Waals surface area (Å²) in [6.45, 7) is 1.81. The van der Waals surface area contributed by atoms with E-state index >= 15 is 0 Å². The zero-order chi connectivity index (χ0) is 19.9. The van der Waals surface area contributed by atoms with Crippen LogP contribution in [-0.4, -0.2) is 17.5 Å². The Balaban J connectivity index is 1.63. The molecule has 1 aliphatic rings. The number of benzene rings is 2. The molecule has 6 heteroatoms. The van der Waals surface area contributed by atoms with Gasteiger partial charge in [0.1, 0.15) is 0 Å². The topological polar surface area (TPSA) is 70.6 Å². The summed E-state index contributed by atoms with van der Waals surface area (Å²) >= 11 is 5.84. The van der Waals surface area contributed by atoms with Crippen LogP contribution in [-0.2, 0) is 4.79 Å². The summed E-state index contributed by atoms with van der Waals surface area (Å²) in [6, 6.07) is 14.1. The molecule has 1 fully saturated rings. The van der Waals surface area contributed by atoms with Gasteiger partial charge in [-0.25, -0.2) is 5.43 Å². The van der Waals surface area contributed by atoms with Crippen molar-refractivity contribution in [2.45, 2.75) is 39.0 Å². The smallest absolute Gasteiger partial charge is 0.271 e. The van der Waals surface area contributed by atoms with Crippen LogP contribution in [0.1, 0.15) is 54.9 Å². The Hall–Kier alpha value is -2.66. The molecule has 146 valence electrons. The molecule has 0 unspecified atom stereocenters. The van der Waals surface area contributed by atoms with Crippen LogP contribution in [0.25, 0.3) is 0 Å². The minimum atomic E-state index is -0.308. The third-order valence-electron chi connectivity index (χ3n) is 4.96. The Bertz CT molecular complexity index is 872. The Morgan fingerprint density at radius 2 is 1.71 bits per heavy atom. The highest BCUT2D eigenvalue weighted by atomic mass is 35.5. The highest BCUT2D eigenvalue weighted by Gasteiger charge is 2.21. The molecule has 0 aliphatic heterocycles. The molecule has 2 amide bonds. The first-order valence-electron chi connectivity index (χ1n) is 9.54. The van der Waals surface area contributed by atoms with Gasteiger partial charge in [-0.3, -0.25) is 9.59 Å². The number of nitrogens with zero attached hydrogens (tertiary/aromatic N) is 1. The van der Waals surface area contributed by atoms with Gasteiger partial charge in [0.05, 0.1) is 5.71 Å². The molecule has 0 atom stereocenters. The Kier molecular flexibility index (Phi) is 6.82. The summed E-state index contributed by atoms with van der Waals surface area (Å²) in [5.41, 5.74) is 5.25. The molecule has 2 aromatic rings. The van der Waals surface area contributed by atoms with Crippen molar-refractivity contribution >= 4 is 34.8 Å². The van der Waals surface area contributed by atoms with Crippen molar-refractivity contribution in [1.82, 2.24) is 5.43 Å². The average Bonchev–Trinajstić information content (AvgIpc) is 2.73. The molecule has 0 saturated heterocycles. The van der Waals surface area contributed by atoms with Crippen LogP contribution < -0.4 is 10.7 Å². The van der Waals surface area contributed by atoms with E-state index in [-0.39, 0.29) is 17.7 Å². The lowest BCUT2D eigenvalue weighted by atomic mass is 9.88. The van der Waals surface area contributed by atoms with E-state index < -0.39 is 0 Å². The SMILES string of the molecule is C/C(=N/NC(=O)c1ccc(Cl)cc1)c1cccc(NC(=O)C2CCCCC2)c1. The molecule has 0 spiro atoms. The summed E-state index contributed by atoms with van der Waals surface area (Å²) in [7, 11) is 0. The van der Waals surface area contributed by atoms with Gasteiger partial charge >= 0.3 is 0 Å². The fourth-order valence-corrected chi connectivity index (χ4v) is 3.42. The maximum Gasteiger partial charge on any atom is 0.271 e. The van der Waals surface area contributed by atoms with Crippen molar-refractivity contribution in [3.8, 4) is 0 Å². The second kappa shape index (κ2) is 9.51. The van der Waals surface area contributed by atoms with Crippen molar-refractivity contribution in [3.05, 3.63) is 64.7 Å². The van der Waals surface area contributed by atoms with Crippen molar-refractivity contribution in [2.75, 3.05) is 5.32 Å². The first-order chi connectivity index (χ1) is 13.5. The third-order valence-corrected chi connectivity index (χ3v) is 5.21. The number of hydrogen-bond acceptors (Lipinski definition) is 3. The molecule has 0 heterocycles. The first-order valence-corrected chi connectivity index (χ1v) is 9.92. The van der Waals surface area contributed by atoms with Crippen molar-refractivity contribution in [3.63, 3.8) is 0 Å². The summed E-state index contributed by atoms with van der Waals surface area (Å²) < 4.78 is 0. The number of nitrogens with one attached hydrogen (secondary N) is 2. The van der Waals surface area contributed by atoms with Crippen molar-refractivity contribution in [1.29, 1.82) is 0 Å². The number of amides is 2. The van der Waals surface area contributed by atoms with Crippen LogP contribution in [0, 0.1) is 5.92 Å². The lowest BCUT2D eigenvalue weighted by Gasteiger charge is -2.20. The van der Waals surface area contributed by atoms with Gasteiger partial charge in [-0.2, -0.15) is 5.10 Å². The summed E-state index contributed by atoms with van der Waals surface area (Å²) in [5.74, 6) is -0.119. The van der Waals surface area contributed by atoms with Crippen LogP contribution in [0.3, 0.4) is 0 Å². The standard InChI is InChI=1S/C22H24ClN3O2/c1-15(25-26-22(28)17-10-12-19(23)13-11-17)18-8-5-9-20(14-18)24-21(27)16-6-3-2-4-7-16/h5,8-14,16H,2-4,6-7H2,1H3,(H,24,27)(H,26,28)/b25-15-. The van der Waals surface area contributed by atoms with Gasteiger partial charge in [-0.15, -0.1) is 0 Å². The van der Waals surface area contributed by atoms with Gasteiger partial charge in [0.15, 0.2) is 0 Å². The number of carbonyl (C=O) groups is 2. The largest absolute Gasteiger partial charge is 0.326 e. The molecule has 3 rings (SSSR count). The van der Waals surface area contributed by atoms with E-state index in [4.69, 9.17) is 11.6 Å². The number of hydrazone groups is 1. The lowest BCUT2D eigenvalue weighted by Crippen LogP contribution is -2.24. The van der Waals surface area contributed by atoms with Crippen LogP contribution in [0.4, 0.5) is 5.69 Å². The molecule has 5 nitrogen and oxygen atoms in total. The minimum Gasteiger partial charge on any atom is -0.326 e. The zero-order valence-electron chi connectivity index (χ0n) is 15.9. The summed E-state index contributed by atoms with van der Waals surface area (Å²) in [6.07, 6.45) is 5.39. The predicted molar refractivity (Wildman–Crippen MR) is 113 cm³/mol. The Morgan fingerprint density at radius 1 is 1.00 bits per heavy atom. The fraction of sp³-hybridized carbons (Fsp3) is 0.318. The van der Waals surface area contributed by atoms with Crippen molar-refractivity contribution in [2.24, 2.45) is 11.0 Å². The van der Waals surface area contributed by atoms with E-state index in [2.05, 4.69) is 15.8 Å². The maximum atomic E-state index is 12.4. The van der Waals surface area contributed by atoms with Gasteiger partial charge < -0.3 is 5.32 Å². The van der Waals surface area contributed by atoms with E-state index in [1.165, 1.54) is 6.42 Å². The Morgan fingerprint density at radius 3 is 2.43 bits per heavy atom. The molecular weight excluding hydrogens is 374 g/mol. The summed E-state index contributed by atoms with van der Waals surface area (Å²) in [5, 5.41) is 7.76. The number of rotatable bonds is 5. The van der Waals surface area contributed by atoms with E-state index in [1.54, 1.807) is 24.3 Å². The molecule has 0 bridgehead atoms. The molecule has 2 aromatic carbocycles. The van der Waals surface area contributed by atoms with Gasteiger partial charge in [0.2, 0.25) is 5.91 Å². The average molecular weight is 398 g/mol. The van der Waals surface area contributed by atoms with E-state index in [0.29, 0.717) is 16.3 Å². The monoisotopic (exact) mass is 397 g/mol. The molecule has 28 heavy (non-hydrogen) atoms. The molecule has 2 N–H and O–H groups in total. The molecule has 1 saturated carbocycles. The predicted octanol–water partition coefficient (Wildman–Crippen LogP) is 5.01. The summed E-state index contributed by atoms with van der Waals surface area (Å²) in [4.78, 5) is 24.6. The first kappa shape index (κ1) is 20.1. The van der Waals surface area contributed by atoms with Crippen LogP contribution in [0.2, 0.25) is 5.02 Å². The number of halogens is 1. The maximum absolute atomic E-state index is 12.4. The number of anilines is 1. The zero-order valence-corrected chi connectivity index (χ0v) is 16.6. The van der Waals surface area contributed by atoms with Crippen LogP contribution in [0.15, 0.2) is 53.6 Å². The second-order valence-corrected chi connectivity index (χ2v) is 7.49. The number of hydrogen-bond donors (Lipinski definition) is 2. The molecule has 1 aliphatic carbocycles. The quantitative estimate of drug-likeness (QED) is 0.549. The highest BCUT2D eigenvalue weighted by Crippen LogP contribution is 2.25. The van der Waals surface area contributed by atoms with Crippen molar-refractivity contribution < 1.29 is 9.59 Å². The van der Waals surface area contributed by atoms with Gasteiger partial charge in [-0.1, -0.05) is 43.0 Å². The Labute approximate surface area is 170 Å². The molecular formula is C22H24ClN3O2. The molecule has 0 radical (unpaired) electrons. The minimum absolute atomic E-state index is 0.0856. The second-order valence-electron chi connectivity index (χ2n) is 7.05. The lowest BCUT2D eigenvalue weighted by molar-refractivity contribution is -0.120. The third kappa shape index (κ3) is 5.42. The van der Waals surface area contributed by atoms with Gasteiger partial charge in [-0.05, 0) is 61.7 Å². The van der Waals surface area contributed by atoms with Crippen LogP contribution in [0.5, 0.6) is 0 Å². The van der Waals surface area contributed by atoms with Gasteiger partial charge in [0.25, 0.3) is 5.91 Å².